The van der Waals surface area contributed by atoms with Gasteiger partial charge >= 0.3 is 6.09 Å². The van der Waals surface area contributed by atoms with E-state index in [0.29, 0.717) is 18.2 Å². The van der Waals surface area contributed by atoms with Gasteiger partial charge in [-0.15, -0.1) is 0 Å². The van der Waals surface area contributed by atoms with Crippen molar-refractivity contribution in [2.24, 2.45) is 11.6 Å². The van der Waals surface area contributed by atoms with E-state index in [-0.39, 0.29) is 6.61 Å². The third kappa shape index (κ3) is 3.24. The summed E-state index contributed by atoms with van der Waals surface area (Å²) in [5.74, 6) is 6.42. The van der Waals surface area contributed by atoms with Crippen LogP contribution in [0.1, 0.15) is 5.56 Å². The Hall–Kier alpha value is -2.09. The molecule has 1 rings (SSSR count). The number of nitrogens with two attached hydrogens (primary N) is 2. The monoisotopic (exact) mass is 226 g/mol. The number of hydrogen-bond donors (Lipinski definition) is 4. The van der Waals surface area contributed by atoms with Gasteiger partial charge in [0.2, 0.25) is 0 Å². The van der Waals surface area contributed by atoms with E-state index in [0.717, 1.165) is 5.56 Å². The molecule has 16 heavy (non-hydrogen) atoms. The van der Waals surface area contributed by atoms with Crippen molar-refractivity contribution in [3.05, 3.63) is 11.9 Å². The number of rotatable bonds is 5. The van der Waals surface area contributed by atoms with Crippen molar-refractivity contribution in [3.8, 4) is 0 Å². The first-order valence-corrected chi connectivity index (χ1v) is 4.59. The zero-order valence-corrected chi connectivity index (χ0v) is 8.86. The Kier molecular flexibility index (Phi) is 4.28. The zero-order chi connectivity index (χ0) is 12.0. The standard InChI is InChI=1S/C8H14N6O2/c1-5-6(11-2-3-16-8(9)15)12-4-13-7(5)14-10/h4H,2-3,10H2,1H3,(H2,9,15)(H2,11,12,13,14). The van der Waals surface area contributed by atoms with Gasteiger partial charge in [0.05, 0.1) is 6.54 Å². The van der Waals surface area contributed by atoms with Crippen LogP contribution in [0, 0.1) is 6.92 Å². The Morgan fingerprint density at radius 2 is 2.19 bits per heavy atom. The second-order valence-corrected chi connectivity index (χ2v) is 2.93. The summed E-state index contributed by atoms with van der Waals surface area (Å²) >= 11 is 0. The fraction of sp³-hybridized carbons (Fsp3) is 0.375. The molecule has 8 heteroatoms. The third-order valence-corrected chi connectivity index (χ3v) is 1.86. The van der Waals surface area contributed by atoms with Crippen LogP contribution in [0.25, 0.3) is 0 Å². The molecule has 0 radical (unpaired) electrons. The second-order valence-electron chi connectivity index (χ2n) is 2.93. The number of amides is 1. The molecule has 8 nitrogen and oxygen atoms in total. The minimum absolute atomic E-state index is 0.171. The van der Waals surface area contributed by atoms with Gasteiger partial charge < -0.3 is 21.2 Å². The molecule has 1 aromatic rings. The van der Waals surface area contributed by atoms with Crippen LogP contribution in [0.3, 0.4) is 0 Å². The van der Waals surface area contributed by atoms with E-state index in [1.165, 1.54) is 6.33 Å². The summed E-state index contributed by atoms with van der Waals surface area (Å²) in [6.45, 7) is 2.39. The fourth-order valence-corrected chi connectivity index (χ4v) is 1.09. The van der Waals surface area contributed by atoms with E-state index in [2.05, 4.69) is 25.4 Å². The number of nitrogen functional groups attached to an aromatic ring is 1. The first-order chi connectivity index (χ1) is 7.65. The van der Waals surface area contributed by atoms with Crippen LogP contribution in [-0.4, -0.2) is 29.2 Å². The third-order valence-electron chi connectivity index (χ3n) is 1.86. The van der Waals surface area contributed by atoms with Crippen LogP contribution in [0.2, 0.25) is 0 Å². The van der Waals surface area contributed by atoms with Crippen LogP contribution in [0.4, 0.5) is 16.4 Å². The number of hydrogen-bond acceptors (Lipinski definition) is 7. The lowest BCUT2D eigenvalue weighted by atomic mass is 10.3. The van der Waals surface area contributed by atoms with Crippen molar-refractivity contribution >= 4 is 17.7 Å². The van der Waals surface area contributed by atoms with Crippen molar-refractivity contribution in [2.45, 2.75) is 6.92 Å². The molecule has 0 atom stereocenters. The molecule has 1 heterocycles. The predicted molar refractivity (Wildman–Crippen MR) is 58.6 cm³/mol. The van der Waals surface area contributed by atoms with Gasteiger partial charge in [-0.05, 0) is 6.92 Å². The molecule has 6 N–H and O–H groups in total. The highest BCUT2D eigenvalue weighted by molar-refractivity contribution is 5.64. The van der Waals surface area contributed by atoms with E-state index >= 15 is 0 Å². The number of anilines is 2. The van der Waals surface area contributed by atoms with Gasteiger partial charge in [-0.3, -0.25) is 0 Å². The van der Waals surface area contributed by atoms with Crippen LogP contribution < -0.4 is 22.3 Å². The number of nitrogens with zero attached hydrogens (tertiary/aromatic N) is 2. The number of nitrogens with one attached hydrogen (secondary N) is 2. The maximum atomic E-state index is 10.3. The quantitative estimate of drug-likeness (QED) is 0.305. The number of carbonyl (C=O) groups is 1. The molecule has 0 aliphatic rings. The van der Waals surface area contributed by atoms with Gasteiger partial charge in [-0.25, -0.2) is 20.6 Å². The molecule has 0 aliphatic heterocycles. The zero-order valence-electron chi connectivity index (χ0n) is 8.86. The molecule has 0 saturated carbocycles. The average Bonchev–Trinajstić information content (AvgIpc) is 2.26. The summed E-state index contributed by atoms with van der Waals surface area (Å²) in [4.78, 5) is 18.2. The number of aromatic nitrogens is 2. The van der Waals surface area contributed by atoms with Crippen molar-refractivity contribution in [3.63, 3.8) is 0 Å². The molecule has 0 bridgehead atoms. The smallest absolute Gasteiger partial charge is 0.404 e. The van der Waals surface area contributed by atoms with Crippen LogP contribution in [0.5, 0.6) is 0 Å². The van der Waals surface area contributed by atoms with Gasteiger partial charge in [0, 0.05) is 5.56 Å². The molecular formula is C8H14N6O2. The largest absolute Gasteiger partial charge is 0.448 e. The van der Waals surface area contributed by atoms with E-state index in [4.69, 9.17) is 11.6 Å². The molecule has 0 aromatic carbocycles. The lowest BCUT2D eigenvalue weighted by Crippen LogP contribution is -2.19. The summed E-state index contributed by atoms with van der Waals surface area (Å²) in [5.41, 5.74) is 8.04. The highest BCUT2D eigenvalue weighted by atomic mass is 16.5. The average molecular weight is 226 g/mol. The summed E-state index contributed by atoms with van der Waals surface area (Å²) in [7, 11) is 0. The van der Waals surface area contributed by atoms with Crippen LogP contribution in [-0.2, 0) is 4.74 Å². The lowest BCUT2D eigenvalue weighted by molar-refractivity contribution is 0.161. The highest BCUT2D eigenvalue weighted by Gasteiger charge is 2.04. The minimum Gasteiger partial charge on any atom is -0.448 e. The van der Waals surface area contributed by atoms with E-state index in [1.807, 2.05) is 6.92 Å². The van der Waals surface area contributed by atoms with Crippen molar-refractivity contribution in [2.75, 3.05) is 23.9 Å². The molecule has 0 unspecified atom stereocenters. The first kappa shape index (κ1) is 12.0. The van der Waals surface area contributed by atoms with Gasteiger partial charge in [-0.1, -0.05) is 0 Å². The summed E-state index contributed by atoms with van der Waals surface area (Å²) in [5, 5.41) is 2.96. The lowest BCUT2D eigenvalue weighted by Gasteiger charge is -2.10. The predicted octanol–water partition coefficient (Wildman–Crippen LogP) is -0.422. The second kappa shape index (κ2) is 5.71. The molecule has 1 amide bonds. The molecule has 0 fully saturated rings. The van der Waals surface area contributed by atoms with Crippen molar-refractivity contribution in [1.29, 1.82) is 0 Å². The highest BCUT2D eigenvalue weighted by Crippen LogP contribution is 2.16. The van der Waals surface area contributed by atoms with Crippen molar-refractivity contribution < 1.29 is 9.53 Å². The van der Waals surface area contributed by atoms with E-state index < -0.39 is 6.09 Å². The fourth-order valence-electron chi connectivity index (χ4n) is 1.09. The van der Waals surface area contributed by atoms with E-state index in [9.17, 15) is 4.79 Å². The molecule has 88 valence electrons. The van der Waals surface area contributed by atoms with Crippen molar-refractivity contribution in [1.82, 2.24) is 9.97 Å². The first-order valence-electron chi connectivity index (χ1n) is 4.59. The Morgan fingerprint density at radius 3 is 2.81 bits per heavy atom. The van der Waals surface area contributed by atoms with Crippen LogP contribution >= 0.6 is 0 Å². The number of primary amides is 1. The molecule has 0 saturated heterocycles. The molecule has 0 aliphatic carbocycles. The summed E-state index contributed by atoms with van der Waals surface area (Å²) < 4.78 is 4.55. The number of ether oxygens (including phenoxy) is 1. The normalized spacial score (nSPS) is 9.62. The maximum Gasteiger partial charge on any atom is 0.404 e. The number of hydrazine groups is 1. The van der Waals surface area contributed by atoms with Gasteiger partial charge in [-0.2, -0.15) is 0 Å². The topological polar surface area (TPSA) is 128 Å². The molecular weight excluding hydrogens is 212 g/mol. The van der Waals surface area contributed by atoms with Gasteiger partial charge in [0.1, 0.15) is 24.6 Å². The Morgan fingerprint density at radius 1 is 1.50 bits per heavy atom. The Labute approximate surface area is 92.4 Å². The summed E-state index contributed by atoms with van der Waals surface area (Å²) in [6.07, 6.45) is 0.574. The van der Waals surface area contributed by atoms with E-state index in [1.54, 1.807) is 0 Å². The molecule has 0 spiro atoms. The SMILES string of the molecule is Cc1c(NN)ncnc1NCCOC(N)=O. The Balaban J connectivity index is 2.50. The van der Waals surface area contributed by atoms with Gasteiger partial charge in [0.25, 0.3) is 0 Å². The van der Waals surface area contributed by atoms with Crippen LogP contribution in [0.15, 0.2) is 6.33 Å². The maximum absolute atomic E-state index is 10.3. The Bertz CT molecular complexity index is 370. The van der Waals surface area contributed by atoms with Gasteiger partial charge in [0.15, 0.2) is 0 Å². The minimum atomic E-state index is -0.800. The molecule has 1 aromatic heterocycles. The summed E-state index contributed by atoms with van der Waals surface area (Å²) in [6, 6.07) is 0. The number of carbonyl (C=O) groups excluding carboxylic acids is 1.